The van der Waals surface area contributed by atoms with Crippen LogP contribution in [-0.4, -0.2) is 37.7 Å². The second-order valence-electron chi connectivity index (χ2n) is 6.17. The highest BCUT2D eigenvalue weighted by Gasteiger charge is 2.05. The van der Waals surface area contributed by atoms with Gasteiger partial charge in [0, 0.05) is 37.7 Å². The van der Waals surface area contributed by atoms with Crippen LogP contribution in [0.25, 0.3) is 11.3 Å². The predicted molar refractivity (Wildman–Crippen MR) is 121 cm³/mol. The highest BCUT2D eigenvalue weighted by atomic mass is 127. The van der Waals surface area contributed by atoms with Gasteiger partial charge in [-0.1, -0.05) is 44.2 Å². The summed E-state index contributed by atoms with van der Waals surface area (Å²) in [6.45, 7) is 7.42. The smallest absolute Gasteiger partial charge is 0.191 e. The lowest BCUT2D eigenvalue weighted by Crippen LogP contribution is -2.37. The van der Waals surface area contributed by atoms with E-state index in [1.165, 1.54) is 0 Å². The molecule has 0 bridgehead atoms. The molecule has 1 aromatic carbocycles. The van der Waals surface area contributed by atoms with Gasteiger partial charge in [-0.05, 0) is 12.3 Å². The number of benzene rings is 1. The van der Waals surface area contributed by atoms with Gasteiger partial charge in [-0.2, -0.15) is 0 Å². The minimum Gasteiger partial charge on any atom is -0.381 e. The molecule has 2 aromatic rings. The van der Waals surface area contributed by atoms with Crippen LogP contribution < -0.4 is 10.6 Å². The van der Waals surface area contributed by atoms with Crippen LogP contribution in [-0.2, 0) is 11.3 Å². The second kappa shape index (κ2) is 13.1. The van der Waals surface area contributed by atoms with Gasteiger partial charge in [0.15, 0.2) is 5.96 Å². The van der Waals surface area contributed by atoms with Crippen molar-refractivity contribution in [2.75, 3.05) is 26.8 Å². The zero-order valence-corrected chi connectivity index (χ0v) is 18.8. The first-order valence-electron chi connectivity index (χ1n) is 8.71. The predicted octanol–water partition coefficient (Wildman–Crippen LogP) is 4.16. The Labute approximate surface area is 177 Å². The van der Waals surface area contributed by atoms with Gasteiger partial charge in [0.1, 0.15) is 5.01 Å². The van der Waals surface area contributed by atoms with Gasteiger partial charge in [-0.3, -0.25) is 4.99 Å². The molecule has 0 fully saturated rings. The average Bonchev–Trinajstić information content (AvgIpc) is 3.10. The molecule has 2 rings (SSSR count). The normalized spacial score (nSPS) is 11.3. The van der Waals surface area contributed by atoms with Crippen LogP contribution in [0.2, 0.25) is 0 Å². The molecule has 1 aromatic heterocycles. The van der Waals surface area contributed by atoms with Gasteiger partial charge in [0.25, 0.3) is 0 Å². The Morgan fingerprint density at radius 3 is 2.69 bits per heavy atom. The number of halogens is 1. The third-order valence-corrected chi connectivity index (χ3v) is 4.31. The summed E-state index contributed by atoms with van der Waals surface area (Å²) in [6.07, 6.45) is 0.961. The Kier molecular flexibility index (Phi) is 11.5. The summed E-state index contributed by atoms with van der Waals surface area (Å²) in [7, 11) is 1.78. The third kappa shape index (κ3) is 8.46. The summed E-state index contributed by atoms with van der Waals surface area (Å²) in [4.78, 5) is 8.92. The van der Waals surface area contributed by atoms with Crippen molar-refractivity contribution >= 4 is 41.3 Å². The summed E-state index contributed by atoms with van der Waals surface area (Å²) in [5.74, 6) is 1.38. The Hall–Kier alpha value is -1.19. The van der Waals surface area contributed by atoms with Crippen LogP contribution >= 0.6 is 35.3 Å². The summed E-state index contributed by atoms with van der Waals surface area (Å²) in [6, 6.07) is 10.2. The van der Waals surface area contributed by atoms with Crippen molar-refractivity contribution in [3.05, 3.63) is 40.7 Å². The monoisotopic (exact) mass is 488 g/mol. The van der Waals surface area contributed by atoms with Crippen LogP contribution in [0.3, 0.4) is 0 Å². The van der Waals surface area contributed by atoms with E-state index in [2.05, 4.69) is 52.0 Å². The minimum absolute atomic E-state index is 0. The molecule has 144 valence electrons. The number of hydrogen-bond acceptors (Lipinski definition) is 4. The summed E-state index contributed by atoms with van der Waals surface area (Å²) in [5, 5.41) is 9.74. The lowest BCUT2D eigenvalue weighted by molar-refractivity contribution is 0.108. The van der Waals surface area contributed by atoms with E-state index in [1.807, 2.05) is 18.2 Å². The van der Waals surface area contributed by atoms with Crippen LogP contribution in [0.1, 0.15) is 25.3 Å². The van der Waals surface area contributed by atoms with Gasteiger partial charge in [0.05, 0.1) is 12.2 Å². The maximum absolute atomic E-state index is 5.58. The van der Waals surface area contributed by atoms with Crippen LogP contribution in [0.5, 0.6) is 0 Å². The van der Waals surface area contributed by atoms with Crippen molar-refractivity contribution in [3.63, 3.8) is 0 Å². The van der Waals surface area contributed by atoms with Gasteiger partial charge < -0.3 is 15.4 Å². The Balaban J connectivity index is 0.00000338. The molecular weight excluding hydrogens is 459 g/mol. The quantitative estimate of drug-likeness (QED) is 0.241. The standard InChI is InChI=1S/C19H28N4OS.HI/c1-15(2)13-24-11-7-10-21-19(20-3)22-12-18-23-17(14-25-18)16-8-5-4-6-9-16;/h4-6,8-9,14-15H,7,10-13H2,1-3H3,(H2,20,21,22);1H. The summed E-state index contributed by atoms with van der Waals surface area (Å²) < 4.78 is 5.58. The van der Waals surface area contributed by atoms with E-state index in [0.29, 0.717) is 12.5 Å². The number of thiazole rings is 1. The molecule has 0 aliphatic rings. The number of rotatable bonds is 9. The highest BCUT2D eigenvalue weighted by Crippen LogP contribution is 2.21. The summed E-state index contributed by atoms with van der Waals surface area (Å²) in [5.41, 5.74) is 2.17. The van der Waals surface area contributed by atoms with E-state index in [9.17, 15) is 0 Å². The maximum Gasteiger partial charge on any atom is 0.191 e. The number of aromatic nitrogens is 1. The fourth-order valence-electron chi connectivity index (χ4n) is 2.21. The molecule has 0 amide bonds. The third-order valence-electron chi connectivity index (χ3n) is 3.46. The zero-order valence-electron chi connectivity index (χ0n) is 15.7. The lowest BCUT2D eigenvalue weighted by Gasteiger charge is -2.11. The first-order valence-corrected chi connectivity index (χ1v) is 9.59. The molecule has 2 N–H and O–H groups in total. The molecular formula is C19H29IN4OS. The molecule has 0 saturated carbocycles. The number of nitrogens with zero attached hydrogens (tertiary/aromatic N) is 2. The topological polar surface area (TPSA) is 58.5 Å². The van der Waals surface area contributed by atoms with Crippen molar-refractivity contribution in [2.24, 2.45) is 10.9 Å². The number of ether oxygens (including phenoxy) is 1. The molecule has 0 aliphatic heterocycles. The Morgan fingerprint density at radius 2 is 2.00 bits per heavy atom. The van der Waals surface area contributed by atoms with Crippen molar-refractivity contribution in [2.45, 2.75) is 26.8 Å². The SMILES string of the molecule is CN=C(NCCCOCC(C)C)NCc1nc(-c2ccccc2)cs1.I. The van der Waals surface area contributed by atoms with Gasteiger partial charge >= 0.3 is 0 Å². The maximum atomic E-state index is 5.58. The van der Waals surface area contributed by atoms with E-state index in [4.69, 9.17) is 4.74 Å². The molecule has 0 unspecified atom stereocenters. The van der Waals surface area contributed by atoms with Crippen molar-refractivity contribution in [1.29, 1.82) is 0 Å². The van der Waals surface area contributed by atoms with E-state index in [0.717, 1.165) is 48.4 Å². The molecule has 0 radical (unpaired) electrons. The average molecular weight is 488 g/mol. The van der Waals surface area contributed by atoms with Crippen molar-refractivity contribution in [1.82, 2.24) is 15.6 Å². The largest absolute Gasteiger partial charge is 0.381 e. The molecule has 0 atom stereocenters. The molecule has 1 heterocycles. The van der Waals surface area contributed by atoms with Crippen LogP contribution in [0.4, 0.5) is 0 Å². The van der Waals surface area contributed by atoms with E-state index in [1.54, 1.807) is 18.4 Å². The number of hydrogen-bond donors (Lipinski definition) is 2. The number of aliphatic imine (C=N–C) groups is 1. The molecule has 5 nitrogen and oxygen atoms in total. The van der Waals surface area contributed by atoms with Gasteiger partial charge in [0.2, 0.25) is 0 Å². The molecule has 0 spiro atoms. The van der Waals surface area contributed by atoms with Crippen LogP contribution in [0.15, 0.2) is 40.7 Å². The second-order valence-corrected chi connectivity index (χ2v) is 7.11. The first kappa shape index (κ1) is 22.9. The fraction of sp³-hybridized carbons (Fsp3) is 0.474. The molecule has 26 heavy (non-hydrogen) atoms. The zero-order chi connectivity index (χ0) is 17.9. The van der Waals surface area contributed by atoms with E-state index < -0.39 is 0 Å². The van der Waals surface area contributed by atoms with Crippen molar-refractivity contribution < 1.29 is 4.74 Å². The molecule has 0 aliphatic carbocycles. The first-order chi connectivity index (χ1) is 12.2. The minimum atomic E-state index is 0. The molecule has 0 saturated heterocycles. The van der Waals surface area contributed by atoms with Crippen LogP contribution in [0, 0.1) is 5.92 Å². The highest BCUT2D eigenvalue weighted by molar-refractivity contribution is 14.0. The van der Waals surface area contributed by atoms with Crippen molar-refractivity contribution in [3.8, 4) is 11.3 Å². The Bertz CT molecular complexity index is 646. The molecule has 7 heteroatoms. The number of guanidine groups is 1. The number of nitrogens with one attached hydrogen (secondary N) is 2. The lowest BCUT2D eigenvalue weighted by atomic mass is 10.2. The Morgan fingerprint density at radius 1 is 1.23 bits per heavy atom. The van der Waals surface area contributed by atoms with Gasteiger partial charge in [-0.15, -0.1) is 35.3 Å². The summed E-state index contributed by atoms with van der Waals surface area (Å²) >= 11 is 1.66. The van der Waals surface area contributed by atoms with E-state index >= 15 is 0 Å². The van der Waals surface area contributed by atoms with E-state index in [-0.39, 0.29) is 24.0 Å². The van der Waals surface area contributed by atoms with Gasteiger partial charge in [-0.25, -0.2) is 4.98 Å². The fourth-order valence-corrected chi connectivity index (χ4v) is 2.96.